The molecule has 0 unspecified atom stereocenters. The third-order valence-electron chi connectivity index (χ3n) is 5.00. The summed E-state index contributed by atoms with van der Waals surface area (Å²) in [7, 11) is 0. The van der Waals surface area contributed by atoms with Gasteiger partial charge in [-0.25, -0.2) is 9.97 Å². The van der Waals surface area contributed by atoms with Crippen LogP contribution in [-0.2, 0) is 6.54 Å². The quantitative estimate of drug-likeness (QED) is 0.628. The lowest BCUT2D eigenvalue weighted by Gasteiger charge is -2.35. The third kappa shape index (κ3) is 4.57. The zero-order valence-electron chi connectivity index (χ0n) is 17.0. The highest BCUT2D eigenvalue weighted by molar-refractivity contribution is 6.33. The van der Waals surface area contributed by atoms with Crippen LogP contribution >= 0.6 is 11.6 Å². The summed E-state index contributed by atoms with van der Waals surface area (Å²) >= 11 is 6.22. The van der Waals surface area contributed by atoms with Gasteiger partial charge in [0.1, 0.15) is 11.6 Å². The second-order valence-corrected chi connectivity index (χ2v) is 8.03. The van der Waals surface area contributed by atoms with Crippen molar-refractivity contribution in [1.82, 2.24) is 25.1 Å². The van der Waals surface area contributed by atoms with Crippen molar-refractivity contribution in [2.75, 3.05) is 31.1 Å². The minimum Gasteiger partial charge on any atom is -0.419 e. The maximum Gasteiger partial charge on any atom is 0.249 e. The predicted octanol–water partition coefficient (Wildman–Crippen LogP) is 3.93. The molecule has 3 heterocycles. The molecular formula is C21H25ClN6O. The fourth-order valence-corrected chi connectivity index (χ4v) is 3.60. The van der Waals surface area contributed by atoms with Crippen molar-refractivity contribution < 1.29 is 4.42 Å². The number of aromatic nitrogens is 4. The zero-order valence-corrected chi connectivity index (χ0v) is 17.7. The maximum absolute atomic E-state index is 6.22. The standard InChI is InChI=1S/C21H25ClN6O/c1-14(2)20-23-15(3)12-18(24-20)28-10-8-27(9-11-28)13-19-25-26-21(29-19)16-6-4-5-7-17(16)22/h4-7,12,14H,8-11,13H2,1-3H3. The van der Waals surface area contributed by atoms with E-state index >= 15 is 0 Å². The molecule has 1 saturated heterocycles. The van der Waals surface area contributed by atoms with Gasteiger partial charge in [0, 0.05) is 43.9 Å². The van der Waals surface area contributed by atoms with Gasteiger partial charge >= 0.3 is 0 Å². The molecule has 1 aromatic carbocycles. The van der Waals surface area contributed by atoms with Crippen molar-refractivity contribution >= 4 is 17.4 Å². The average Bonchev–Trinajstić information content (AvgIpc) is 3.16. The van der Waals surface area contributed by atoms with Crippen LogP contribution < -0.4 is 4.90 Å². The van der Waals surface area contributed by atoms with Crippen LogP contribution in [0.1, 0.15) is 37.2 Å². The molecule has 1 aliphatic rings. The summed E-state index contributed by atoms with van der Waals surface area (Å²) in [6.07, 6.45) is 0. The lowest BCUT2D eigenvalue weighted by molar-refractivity contribution is 0.226. The Balaban J connectivity index is 1.38. The van der Waals surface area contributed by atoms with Crippen LogP contribution in [0.4, 0.5) is 5.82 Å². The molecule has 1 aliphatic heterocycles. The molecule has 152 valence electrons. The Kier molecular flexibility index (Phi) is 5.78. The first-order chi connectivity index (χ1) is 14.0. The molecular weight excluding hydrogens is 388 g/mol. The first-order valence-corrected chi connectivity index (χ1v) is 10.3. The number of piperazine rings is 1. The van der Waals surface area contributed by atoms with Crippen LogP contribution in [0.5, 0.6) is 0 Å². The van der Waals surface area contributed by atoms with Crippen LogP contribution in [0.25, 0.3) is 11.5 Å². The second kappa shape index (κ2) is 8.47. The molecule has 4 rings (SSSR count). The molecule has 1 fully saturated rings. The number of halogens is 1. The lowest BCUT2D eigenvalue weighted by atomic mass is 10.2. The van der Waals surface area contributed by atoms with Crippen LogP contribution in [-0.4, -0.2) is 51.2 Å². The summed E-state index contributed by atoms with van der Waals surface area (Å²) in [6, 6.07) is 9.55. The van der Waals surface area contributed by atoms with Crippen LogP contribution in [0.15, 0.2) is 34.7 Å². The van der Waals surface area contributed by atoms with Gasteiger partial charge in [0.25, 0.3) is 0 Å². The Labute approximate surface area is 175 Å². The van der Waals surface area contributed by atoms with Gasteiger partial charge in [-0.05, 0) is 19.1 Å². The largest absolute Gasteiger partial charge is 0.419 e. The fourth-order valence-electron chi connectivity index (χ4n) is 3.38. The van der Waals surface area contributed by atoms with Gasteiger partial charge < -0.3 is 9.32 Å². The predicted molar refractivity (Wildman–Crippen MR) is 113 cm³/mol. The third-order valence-corrected chi connectivity index (χ3v) is 5.33. The lowest BCUT2D eigenvalue weighted by Crippen LogP contribution is -2.46. The highest BCUT2D eigenvalue weighted by Crippen LogP contribution is 2.26. The summed E-state index contributed by atoms with van der Waals surface area (Å²) in [5, 5.41) is 8.96. The SMILES string of the molecule is Cc1cc(N2CCN(Cc3nnc(-c4ccccc4Cl)o3)CC2)nc(C(C)C)n1. The number of aryl methyl sites for hydroxylation is 1. The van der Waals surface area contributed by atoms with E-state index < -0.39 is 0 Å². The molecule has 0 spiro atoms. The fraction of sp³-hybridized carbons (Fsp3) is 0.429. The molecule has 0 atom stereocenters. The zero-order chi connectivity index (χ0) is 20.4. The first kappa shape index (κ1) is 19.8. The van der Waals surface area contributed by atoms with Crippen molar-refractivity contribution in [2.24, 2.45) is 0 Å². The number of hydrogen-bond donors (Lipinski definition) is 0. The van der Waals surface area contributed by atoms with Crippen LogP contribution in [0, 0.1) is 6.92 Å². The van der Waals surface area contributed by atoms with Crippen molar-refractivity contribution in [2.45, 2.75) is 33.2 Å². The van der Waals surface area contributed by atoms with Crippen molar-refractivity contribution in [1.29, 1.82) is 0 Å². The normalized spacial score (nSPS) is 15.3. The summed E-state index contributed by atoms with van der Waals surface area (Å²) < 4.78 is 5.84. The molecule has 0 aliphatic carbocycles. The Morgan fingerprint density at radius 2 is 1.83 bits per heavy atom. The molecule has 7 nitrogen and oxygen atoms in total. The minimum atomic E-state index is 0.319. The molecule has 0 radical (unpaired) electrons. The molecule has 29 heavy (non-hydrogen) atoms. The number of nitrogens with zero attached hydrogens (tertiary/aromatic N) is 6. The van der Waals surface area contributed by atoms with E-state index in [4.69, 9.17) is 21.0 Å². The van der Waals surface area contributed by atoms with E-state index in [1.807, 2.05) is 31.2 Å². The van der Waals surface area contributed by atoms with Gasteiger partial charge in [-0.3, -0.25) is 4.90 Å². The smallest absolute Gasteiger partial charge is 0.249 e. The maximum atomic E-state index is 6.22. The van der Waals surface area contributed by atoms with Gasteiger partial charge in [-0.2, -0.15) is 0 Å². The second-order valence-electron chi connectivity index (χ2n) is 7.62. The number of anilines is 1. The van der Waals surface area contributed by atoms with E-state index in [-0.39, 0.29) is 0 Å². The molecule has 3 aromatic rings. The van der Waals surface area contributed by atoms with Crippen molar-refractivity contribution in [3.05, 3.63) is 52.8 Å². The van der Waals surface area contributed by atoms with E-state index in [9.17, 15) is 0 Å². The number of hydrogen-bond acceptors (Lipinski definition) is 7. The Hall–Kier alpha value is -2.51. The number of benzene rings is 1. The average molecular weight is 413 g/mol. The molecule has 2 aromatic heterocycles. The van der Waals surface area contributed by atoms with Gasteiger partial charge in [0.15, 0.2) is 0 Å². The molecule has 0 N–H and O–H groups in total. The Bertz CT molecular complexity index is 981. The molecule has 0 bridgehead atoms. The monoisotopic (exact) mass is 412 g/mol. The molecule has 8 heteroatoms. The van der Waals surface area contributed by atoms with Gasteiger partial charge in [-0.1, -0.05) is 37.6 Å². The van der Waals surface area contributed by atoms with E-state index in [1.54, 1.807) is 0 Å². The van der Waals surface area contributed by atoms with E-state index in [2.05, 4.69) is 44.9 Å². The Morgan fingerprint density at radius 1 is 1.07 bits per heavy atom. The van der Waals surface area contributed by atoms with Crippen molar-refractivity contribution in [3.8, 4) is 11.5 Å². The van der Waals surface area contributed by atoms with E-state index in [1.165, 1.54) is 0 Å². The molecule has 0 saturated carbocycles. The highest BCUT2D eigenvalue weighted by atomic mass is 35.5. The van der Waals surface area contributed by atoms with Gasteiger partial charge in [0.05, 0.1) is 17.1 Å². The Morgan fingerprint density at radius 3 is 2.55 bits per heavy atom. The van der Waals surface area contributed by atoms with Gasteiger partial charge in [-0.15, -0.1) is 10.2 Å². The number of rotatable bonds is 5. The van der Waals surface area contributed by atoms with Gasteiger partial charge in [0.2, 0.25) is 11.8 Å². The van der Waals surface area contributed by atoms with Crippen LogP contribution in [0.2, 0.25) is 5.02 Å². The summed E-state index contributed by atoms with van der Waals surface area (Å²) in [5.74, 6) is 3.30. The van der Waals surface area contributed by atoms with E-state index in [0.717, 1.165) is 49.1 Å². The topological polar surface area (TPSA) is 71.2 Å². The minimum absolute atomic E-state index is 0.319. The van der Waals surface area contributed by atoms with E-state index in [0.29, 0.717) is 29.3 Å². The summed E-state index contributed by atoms with van der Waals surface area (Å²) in [5.41, 5.74) is 1.77. The highest BCUT2D eigenvalue weighted by Gasteiger charge is 2.21. The first-order valence-electron chi connectivity index (χ1n) is 9.90. The van der Waals surface area contributed by atoms with Crippen molar-refractivity contribution in [3.63, 3.8) is 0 Å². The van der Waals surface area contributed by atoms with Crippen LogP contribution in [0.3, 0.4) is 0 Å². The molecule has 0 amide bonds. The summed E-state index contributed by atoms with van der Waals surface area (Å²) in [6.45, 7) is 10.5. The summed E-state index contributed by atoms with van der Waals surface area (Å²) in [4.78, 5) is 13.9.